The Hall–Kier alpha value is -3.47. The van der Waals surface area contributed by atoms with Gasteiger partial charge in [-0.1, -0.05) is 82.6 Å². The van der Waals surface area contributed by atoms with Gasteiger partial charge in [0.05, 0.1) is 19.3 Å². The Morgan fingerprint density at radius 1 is 1.12 bits per heavy atom. The minimum absolute atomic E-state index is 0.317. The van der Waals surface area contributed by atoms with Crippen molar-refractivity contribution in [2.75, 3.05) is 19.0 Å². The van der Waals surface area contributed by atoms with Gasteiger partial charge in [-0.3, -0.25) is 0 Å². The van der Waals surface area contributed by atoms with Crippen molar-refractivity contribution in [2.24, 2.45) is 0 Å². The Morgan fingerprint density at radius 2 is 1.95 bits per heavy atom. The van der Waals surface area contributed by atoms with Gasteiger partial charge in [-0.05, 0) is 60.4 Å². The average molecular weight is 670 g/mol. The minimum atomic E-state index is -0.596. The molecule has 0 saturated carbocycles. The summed E-state index contributed by atoms with van der Waals surface area (Å²) in [6.07, 6.45) is 0.714. The highest BCUT2D eigenvalue weighted by Gasteiger charge is 2.36. The highest BCUT2D eigenvalue weighted by atomic mass is 79.9. The van der Waals surface area contributed by atoms with Crippen LogP contribution in [0.2, 0.25) is 5.02 Å². The largest absolute Gasteiger partial charge is 0.493 e. The molecule has 1 unspecified atom stereocenters. The number of hydrogen-bond donors (Lipinski definition) is 1. The monoisotopic (exact) mass is 668 g/mol. The normalized spacial score (nSPS) is 14.3. The van der Waals surface area contributed by atoms with Crippen LogP contribution in [0.4, 0.5) is 5.95 Å². The Bertz CT molecular complexity index is 1630. The molecule has 4 aromatic rings. The molecule has 0 spiro atoms. The summed E-state index contributed by atoms with van der Waals surface area (Å²) in [6, 6.07) is 20.7. The number of halogens is 2. The predicted octanol–water partition coefficient (Wildman–Crippen LogP) is 7.82. The smallest absolute Gasteiger partial charge is 0.338 e. The lowest BCUT2D eigenvalue weighted by Gasteiger charge is -2.28. The van der Waals surface area contributed by atoms with E-state index in [0.29, 0.717) is 64.3 Å². The summed E-state index contributed by atoms with van der Waals surface area (Å²) in [5.74, 6) is 1.84. The Kier molecular flexibility index (Phi) is 9.76. The zero-order valence-electron chi connectivity index (χ0n) is 23.4. The van der Waals surface area contributed by atoms with Gasteiger partial charge in [0.2, 0.25) is 11.1 Å². The van der Waals surface area contributed by atoms with E-state index in [1.54, 1.807) is 11.8 Å². The van der Waals surface area contributed by atoms with Crippen molar-refractivity contribution in [3.8, 4) is 11.5 Å². The lowest BCUT2D eigenvalue weighted by Crippen LogP contribution is -2.29. The van der Waals surface area contributed by atoms with E-state index < -0.39 is 12.0 Å². The highest BCUT2D eigenvalue weighted by Crippen LogP contribution is 2.40. The number of carbonyl (C=O) groups is 1. The van der Waals surface area contributed by atoms with E-state index in [-0.39, 0.29) is 0 Å². The third-order valence-electron chi connectivity index (χ3n) is 6.59. The zero-order chi connectivity index (χ0) is 29.6. The average Bonchev–Trinajstić information content (AvgIpc) is 3.40. The molecule has 0 aliphatic carbocycles. The van der Waals surface area contributed by atoms with Gasteiger partial charge in [-0.25, -0.2) is 9.48 Å². The quantitative estimate of drug-likeness (QED) is 0.128. The maximum absolute atomic E-state index is 13.4. The van der Waals surface area contributed by atoms with E-state index >= 15 is 0 Å². The first-order valence-electron chi connectivity index (χ1n) is 13.4. The number of carbonyl (C=O) groups excluding carboxylic acids is 1. The Morgan fingerprint density at radius 3 is 2.71 bits per heavy atom. The Labute approximate surface area is 262 Å². The van der Waals surface area contributed by atoms with E-state index in [4.69, 9.17) is 35.9 Å². The fourth-order valence-electron chi connectivity index (χ4n) is 4.56. The summed E-state index contributed by atoms with van der Waals surface area (Å²) < 4.78 is 20.1. The number of rotatable bonds is 11. The summed E-state index contributed by atoms with van der Waals surface area (Å²) in [6.45, 7) is 4.49. The predicted molar refractivity (Wildman–Crippen MR) is 168 cm³/mol. The van der Waals surface area contributed by atoms with Gasteiger partial charge in [0.25, 0.3) is 0 Å². The second-order valence-corrected chi connectivity index (χ2v) is 11.8. The summed E-state index contributed by atoms with van der Waals surface area (Å²) in [4.78, 5) is 18.1. The van der Waals surface area contributed by atoms with Crippen LogP contribution in [0.25, 0.3) is 0 Å². The molecule has 0 radical (unpaired) electrons. The van der Waals surface area contributed by atoms with E-state index in [9.17, 15) is 4.79 Å². The van der Waals surface area contributed by atoms with Gasteiger partial charge < -0.3 is 19.5 Å². The van der Waals surface area contributed by atoms with E-state index in [1.807, 2.05) is 80.6 Å². The van der Waals surface area contributed by atoms with Gasteiger partial charge in [0.1, 0.15) is 12.6 Å². The second-order valence-electron chi connectivity index (χ2n) is 9.57. The second kappa shape index (κ2) is 13.7. The van der Waals surface area contributed by atoms with E-state index in [0.717, 1.165) is 21.2 Å². The molecule has 0 amide bonds. The number of esters is 1. The summed E-state index contributed by atoms with van der Waals surface area (Å²) in [7, 11) is 1.59. The van der Waals surface area contributed by atoms with Crippen molar-refractivity contribution in [3.63, 3.8) is 0 Å². The van der Waals surface area contributed by atoms with Crippen LogP contribution in [0.15, 0.2) is 87.6 Å². The van der Waals surface area contributed by atoms with Crippen LogP contribution in [0, 0.1) is 0 Å². The number of benzene rings is 3. The summed E-state index contributed by atoms with van der Waals surface area (Å²) in [5, 5.41) is 9.30. The molecule has 0 saturated heterocycles. The molecule has 1 aliphatic heterocycles. The van der Waals surface area contributed by atoms with Crippen molar-refractivity contribution >= 4 is 51.2 Å². The van der Waals surface area contributed by atoms with Gasteiger partial charge in [-0.15, -0.1) is 5.10 Å². The van der Waals surface area contributed by atoms with Crippen LogP contribution in [0.1, 0.15) is 43.0 Å². The number of ether oxygens (including phenoxy) is 3. The molecule has 11 heteroatoms. The van der Waals surface area contributed by atoms with Crippen molar-refractivity contribution < 1.29 is 19.0 Å². The minimum Gasteiger partial charge on any atom is -0.493 e. The van der Waals surface area contributed by atoms with Gasteiger partial charge in [-0.2, -0.15) is 4.98 Å². The zero-order valence-corrected chi connectivity index (χ0v) is 26.6. The summed E-state index contributed by atoms with van der Waals surface area (Å²) >= 11 is 11.3. The maximum atomic E-state index is 13.4. The van der Waals surface area contributed by atoms with Crippen molar-refractivity contribution in [1.29, 1.82) is 0 Å². The SMILES string of the molecule is CCCOC(=O)C1=C(C)Nc2nc(SCc3ccccc3Cl)nn2C1c1ccc(OCc2cccc(Br)c2)c(OC)c1. The molecule has 1 aliphatic rings. The summed E-state index contributed by atoms with van der Waals surface area (Å²) in [5.41, 5.74) is 3.89. The van der Waals surface area contributed by atoms with Crippen LogP contribution in [-0.4, -0.2) is 34.5 Å². The van der Waals surface area contributed by atoms with Crippen molar-refractivity contribution in [2.45, 2.75) is 43.8 Å². The molecule has 3 aromatic carbocycles. The van der Waals surface area contributed by atoms with Crippen LogP contribution < -0.4 is 14.8 Å². The number of nitrogens with zero attached hydrogens (tertiary/aromatic N) is 3. The van der Waals surface area contributed by atoms with Crippen LogP contribution in [0.5, 0.6) is 11.5 Å². The van der Waals surface area contributed by atoms with Gasteiger partial charge in [0, 0.05) is 20.9 Å². The topological polar surface area (TPSA) is 87.5 Å². The first kappa shape index (κ1) is 30.0. The van der Waals surface area contributed by atoms with Crippen LogP contribution >= 0.6 is 39.3 Å². The fourth-order valence-corrected chi connectivity index (χ4v) is 6.12. The first-order chi connectivity index (χ1) is 20.4. The molecular formula is C31H30BrClN4O4S. The Balaban J connectivity index is 1.47. The number of anilines is 1. The number of hydrogen-bond acceptors (Lipinski definition) is 8. The molecule has 0 fully saturated rings. The first-order valence-corrected chi connectivity index (χ1v) is 15.6. The molecule has 218 valence electrons. The maximum Gasteiger partial charge on any atom is 0.338 e. The molecule has 8 nitrogen and oxygen atoms in total. The molecule has 0 bridgehead atoms. The standard InChI is InChI=1S/C31H30BrClN4O4S/c1-4-14-40-29(38)27-19(2)34-30-35-31(42-18-22-9-5-6-11-24(22)33)36-37(30)28(27)21-12-13-25(26(16-21)39-3)41-17-20-8-7-10-23(32)15-20/h5-13,15-16,28H,4,14,17-18H2,1-3H3,(H,34,35,36). The fraction of sp³-hybridized carbons (Fsp3) is 0.258. The molecular weight excluding hydrogens is 640 g/mol. The number of fused-ring (bicyclic) bond motifs is 1. The highest BCUT2D eigenvalue weighted by molar-refractivity contribution is 9.10. The molecule has 42 heavy (non-hydrogen) atoms. The molecule has 1 aromatic heterocycles. The van der Waals surface area contributed by atoms with Crippen molar-refractivity contribution in [1.82, 2.24) is 14.8 Å². The lowest BCUT2D eigenvalue weighted by atomic mass is 9.95. The molecule has 5 rings (SSSR count). The third kappa shape index (κ3) is 6.77. The van der Waals surface area contributed by atoms with Crippen LogP contribution in [-0.2, 0) is 21.9 Å². The van der Waals surface area contributed by atoms with Crippen LogP contribution in [0.3, 0.4) is 0 Å². The molecule has 1 N–H and O–H groups in total. The third-order valence-corrected chi connectivity index (χ3v) is 8.34. The van der Waals surface area contributed by atoms with Gasteiger partial charge in [0.15, 0.2) is 11.5 Å². The van der Waals surface area contributed by atoms with Crippen molar-refractivity contribution in [3.05, 3.63) is 104 Å². The number of nitrogens with one attached hydrogen (secondary N) is 1. The lowest BCUT2D eigenvalue weighted by molar-refractivity contribution is -0.139. The van der Waals surface area contributed by atoms with Gasteiger partial charge >= 0.3 is 5.97 Å². The molecule has 2 heterocycles. The van der Waals surface area contributed by atoms with E-state index in [1.165, 1.54) is 11.8 Å². The number of thioether (sulfide) groups is 1. The van der Waals surface area contributed by atoms with E-state index in [2.05, 4.69) is 21.2 Å². The number of allylic oxidation sites excluding steroid dienone is 1. The number of aromatic nitrogens is 3. The number of methoxy groups -OCH3 is 1. The molecule has 1 atom stereocenters.